The highest BCUT2D eigenvalue weighted by Gasteiger charge is 2.23. The van der Waals surface area contributed by atoms with Gasteiger partial charge in [-0.2, -0.15) is 0 Å². The molecule has 0 unspecified atom stereocenters. The summed E-state index contributed by atoms with van der Waals surface area (Å²) in [6, 6.07) is 12.9. The van der Waals surface area contributed by atoms with Crippen molar-refractivity contribution in [3.63, 3.8) is 0 Å². The third-order valence-electron chi connectivity index (χ3n) is 5.24. The Morgan fingerprint density at radius 1 is 0.892 bits per heavy atom. The van der Waals surface area contributed by atoms with Gasteiger partial charge in [-0.05, 0) is 81.3 Å². The highest BCUT2D eigenvalue weighted by atomic mass is 35.5. The summed E-state index contributed by atoms with van der Waals surface area (Å²) >= 11 is 6.20. The van der Waals surface area contributed by atoms with Crippen molar-refractivity contribution in [2.75, 3.05) is 17.1 Å². The van der Waals surface area contributed by atoms with Gasteiger partial charge in [0.05, 0.1) is 28.4 Å². The molecular weight excluding hydrogens is 538 g/mol. The Balaban J connectivity index is 1.95. The summed E-state index contributed by atoms with van der Waals surface area (Å²) < 4.78 is 61.7. The van der Waals surface area contributed by atoms with Crippen molar-refractivity contribution in [2.24, 2.45) is 0 Å². The second kappa shape index (κ2) is 11.1. The van der Waals surface area contributed by atoms with Crippen molar-refractivity contribution in [3.05, 3.63) is 76.3 Å². The lowest BCUT2D eigenvalue weighted by molar-refractivity contribution is 0.102. The van der Waals surface area contributed by atoms with Gasteiger partial charge in [-0.1, -0.05) is 23.7 Å². The molecule has 37 heavy (non-hydrogen) atoms. The summed E-state index contributed by atoms with van der Waals surface area (Å²) in [6.45, 7) is 6.97. The lowest BCUT2D eigenvalue weighted by atomic mass is 10.1. The first-order valence-electron chi connectivity index (χ1n) is 11.1. The van der Waals surface area contributed by atoms with Crippen LogP contribution in [0.5, 0.6) is 5.75 Å². The Hall–Kier alpha value is -3.12. The van der Waals surface area contributed by atoms with Gasteiger partial charge >= 0.3 is 0 Å². The molecule has 12 heteroatoms. The molecule has 9 nitrogen and oxygen atoms in total. The first-order chi connectivity index (χ1) is 17.2. The summed E-state index contributed by atoms with van der Waals surface area (Å²) in [4.78, 5) is 12.7. The summed E-state index contributed by atoms with van der Waals surface area (Å²) in [7, 11) is -6.60. The number of nitrogens with one attached hydrogen (secondary N) is 3. The molecule has 3 aromatic carbocycles. The van der Waals surface area contributed by atoms with Gasteiger partial charge in [-0.3, -0.25) is 9.52 Å². The number of sulfonamides is 2. The number of methoxy groups -OCH3 is 1. The molecule has 0 bridgehead atoms. The van der Waals surface area contributed by atoms with E-state index in [4.69, 9.17) is 16.3 Å². The number of halogens is 1. The molecule has 0 aromatic heterocycles. The first kappa shape index (κ1) is 28.5. The Morgan fingerprint density at radius 2 is 1.59 bits per heavy atom. The van der Waals surface area contributed by atoms with E-state index in [1.54, 1.807) is 32.9 Å². The third-order valence-corrected chi connectivity index (χ3v) is 8.74. The van der Waals surface area contributed by atoms with Gasteiger partial charge in [0.1, 0.15) is 10.6 Å². The smallest absolute Gasteiger partial charge is 0.263 e. The molecule has 0 spiro atoms. The van der Waals surface area contributed by atoms with Gasteiger partial charge in [0.2, 0.25) is 10.0 Å². The van der Waals surface area contributed by atoms with Gasteiger partial charge in [-0.15, -0.1) is 0 Å². The number of hydrogen-bond acceptors (Lipinski definition) is 6. The van der Waals surface area contributed by atoms with Gasteiger partial charge in [0.25, 0.3) is 15.9 Å². The molecule has 1 amide bonds. The molecule has 0 radical (unpaired) electrons. The van der Waals surface area contributed by atoms with Crippen LogP contribution < -0.4 is 19.5 Å². The fourth-order valence-corrected chi connectivity index (χ4v) is 6.35. The SMILES string of the molecule is COc1ccc(S(=O)(=O)NC(C)C)cc1NC(=O)c1ccc(Cl)c(S(=O)(=O)Nc2cc(C)ccc2C)c1. The van der Waals surface area contributed by atoms with Crippen LogP contribution in [0.15, 0.2) is 64.4 Å². The first-order valence-corrected chi connectivity index (χ1v) is 14.5. The minimum Gasteiger partial charge on any atom is -0.495 e. The van der Waals surface area contributed by atoms with Crippen molar-refractivity contribution in [1.29, 1.82) is 0 Å². The average molecular weight is 566 g/mol. The number of benzene rings is 3. The fourth-order valence-electron chi connectivity index (χ4n) is 3.42. The second-order valence-corrected chi connectivity index (χ2v) is 12.4. The molecule has 3 N–H and O–H groups in total. The molecule has 198 valence electrons. The predicted molar refractivity (Wildman–Crippen MR) is 145 cm³/mol. The van der Waals surface area contributed by atoms with Crippen LogP contribution >= 0.6 is 11.6 Å². The Bertz CT molecular complexity index is 1550. The van der Waals surface area contributed by atoms with E-state index in [1.165, 1.54) is 37.4 Å². The van der Waals surface area contributed by atoms with E-state index in [0.717, 1.165) is 11.6 Å². The number of anilines is 2. The van der Waals surface area contributed by atoms with Crippen LogP contribution in [-0.2, 0) is 20.0 Å². The third kappa shape index (κ3) is 6.80. The quantitative estimate of drug-likeness (QED) is 0.344. The molecular formula is C25H28ClN3O6S2. The van der Waals surface area contributed by atoms with Crippen molar-refractivity contribution in [3.8, 4) is 5.75 Å². The number of rotatable bonds is 9. The van der Waals surface area contributed by atoms with Crippen molar-refractivity contribution in [2.45, 2.75) is 43.5 Å². The molecule has 0 fully saturated rings. The second-order valence-electron chi connectivity index (χ2n) is 8.66. The predicted octanol–water partition coefficient (Wildman–Crippen LogP) is 4.71. The highest BCUT2D eigenvalue weighted by Crippen LogP contribution is 2.30. The topological polar surface area (TPSA) is 131 Å². The van der Waals surface area contributed by atoms with E-state index >= 15 is 0 Å². The van der Waals surface area contributed by atoms with Crippen LogP contribution in [0.4, 0.5) is 11.4 Å². The molecule has 3 aromatic rings. The molecule has 0 aliphatic rings. The number of aryl methyl sites for hydroxylation is 2. The number of carbonyl (C=O) groups is 1. The lowest BCUT2D eigenvalue weighted by Crippen LogP contribution is -2.30. The summed E-state index contributed by atoms with van der Waals surface area (Å²) in [6.07, 6.45) is 0. The van der Waals surface area contributed by atoms with Crippen LogP contribution in [0.2, 0.25) is 5.02 Å². The Kier molecular flexibility index (Phi) is 8.53. The van der Waals surface area contributed by atoms with E-state index in [0.29, 0.717) is 11.3 Å². The maximum Gasteiger partial charge on any atom is 0.263 e. The minimum atomic E-state index is -4.14. The maximum absolute atomic E-state index is 13.1. The zero-order valence-electron chi connectivity index (χ0n) is 20.9. The van der Waals surface area contributed by atoms with E-state index in [1.807, 2.05) is 13.0 Å². The average Bonchev–Trinajstić information content (AvgIpc) is 2.80. The Labute approximate surface area is 222 Å². The van der Waals surface area contributed by atoms with E-state index in [2.05, 4.69) is 14.8 Å². The minimum absolute atomic E-state index is 0.0126. The standard InChI is InChI=1S/C25H28ClN3O6S2/c1-15(2)28-36(31,32)19-9-11-23(35-5)22(14-19)27-25(30)18-8-10-20(26)24(13-18)37(33,34)29-21-12-16(3)6-7-17(21)4/h6-15,28-29H,1-5H3,(H,27,30). The van der Waals surface area contributed by atoms with E-state index < -0.39 is 26.0 Å². The normalized spacial score (nSPS) is 11.9. The van der Waals surface area contributed by atoms with Crippen molar-refractivity contribution in [1.82, 2.24) is 4.72 Å². The Morgan fingerprint density at radius 3 is 2.24 bits per heavy atom. The lowest BCUT2D eigenvalue weighted by Gasteiger charge is -2.15. The fraction of sp³-hybridized carbons (Fsp3) is 0.240. The van der Waals surface area contributed by atoms with Gasteiger partial charge in [0.15, 0.2) is 0 Å². The molecule has 0 heterocycles. The largest absolute Gasteiger partial charge is 0.495 e. The zero-order chi connectivity index (χ0) is 27.5. The number of hydrogen-bond donors (Lipinski definition) is 3. The van der Waals surface area contributed by atoms with E-state index in [-0.39, 0.29) is 37.9 Å². The van der Waals surface area contributed by atoms with Crippen LogP contribution in [0.3, 0.4) is 0 Å². The van der Waals surface area contributed by atoms with Crippen LogP contribution in [0.1, 0.15) is 35.3 Å². The molecule has 0 aliphatic heterocycles. The highest BCUT2D eigenvalue weighted by molar-refractivity contribution is 7.92. The molecule has 0 saturated carbocycles. The van der Waals surface area contributed by atoms with Crippen LogP contribution in [-0.4, -0.2) is 35.9 Å². The van der Waals surface area contributed by atoms with Gasteiger partial charge < -0.3 is 10.1 Å². The molecule has 0 saturated heterocycles. The maximum atomic E-state index is 13.1. The van der Waals surface area contributed by atoms with E-state index in [9.17, 15) is 21.6 Å². The number of amides is 1. The van der Waals surface area contributed by atoms with Gasteiger partial charge in [0, 0.05) is 11.6 Å². The van der Waals surface area contributed by atoms with Crippen LogP contribution in [0, 0.1) is 13.8 Å². The zero-order valence-corrected chi connectivity index (χ0v) is 23.3. The molecule has 3 rings (SSSR count). The van der Waals surface area contributed by atoms with Crippen molar-refractivity contribution >= 4 is 48.9 Å². The number of carbonyl (C=O) groups excluding carboxylic acids is 1. The summed E-state index contributed by atoms with van der Waals surface area (Å²) in [5, 5.41) is 2.52. The summed E-state index contributed by atoms with van der Waals surface area (Å²) in [5.41, 5.74) is 2.05. The van der Waals surface area contributed by atoms with Crippen LogP contribution in [0.25, 0.3) is 0 Å². The van der Waals surface area contributed by atoms with Crippen molar-refractivity contribution < 1.29 is 26.4 Å². The molecule has 0 atom stereocenters. The number of ether oxygens (including phenoxy) is 1. The summed E-state index contributed by atoms with van der Waals surface area (Å²) in [5.74, 6) is -0.472. The molecule has 0 aliphatic carbocycles. The monoisotopic (exact) mass is 565 g/mol. The van der Waals surface area contributed by atoms with Gasteiger partial charge in [-0.25, -0.2) is 21.6 Å².